The summed E-state index contributed by atoms with van der Waals surface area (Å²) in [6.07, 6.45) is 50.1. The van der Waals surface area contributed by atoms with E-state index in [1.165, 1.54) is 180 Å². The molecule has 0 radical (unpaired) electrons. The van der Waals surface area contributed by atoms with Crippen LogP contribution in [0.15, 0.2) is 0 Å². The van der Waals surface area contributed by atoms with Gasteiger partial charge in [0.05, 0.1) is 26.4 Å². The number of aliphatic hydroxyl groups excluding tert-OH is 1. The fourth-order valence-corrected chi connectivity index (χ4v) is 13.1. The molecule has 0 aliphatic carbocycles. The van der Waals surface area contributed by atoms with Crippen molar-refractivity contribution in [3.8, 4) is 0 Å². The number of hydrogen-bond acceptors (Lipinski definition) is 15. The molecular formula is C76H148O17P2. The van der Waals surface area contributed by atoms with Crippen LogP contribution in [0.4, 0.5) is 0 Å². The van der Waals surface area contributed by atoms with Crippen LogP contribution < -0.4 is 0 Å². The van der Waals surface area contributed by atoms with Gasteiger partial charge in [-0.15, -0.1) is 0 Å². The Bertz CT molecular complexity index is 1870. The molecule has 0 saturated heterocycles. The van der Waals surface area contributed by atoms with Crippen LogP contribution in [0.25, 0.3) is 0 Å². The highest BCUT2D eigenvalue weighted by Crippen LogP contribution is 2.45. The van der Waals surface area contributed by atoms with E-state index < -0.39 is 97.5 Å². The highest BCUT2D eigenvalue weighted by molar-refractivity contribution is 7.47. The van der Waals surface area contributed by atoms with E-state index in [0.717, 1.165) is 120 Å². The summed E-state index contributed by atoms with van der Waals surface area (Å²) in [4.78, 5) is 72.7. The SMILES string of the molecule is CCC(C)CCCCCCCCCCCCCCCCCCCCC(=O)O[C@H](COC(=O)CCCCCCCCC(C)CC)COP(=O)(O)OCC(O)COP(=O)(O)OC[C@@H](COC(=O)CCCCCCCCCCC(C)C)OC(=O)CCCCCCCCCCCC(C)C. The summed E-state index contributed by atoms with van der Waals surface area (Å²) in [6, 6.07) is 0. The summed E-state index contributed by atoms with van der Waals surface area (Å²) in [5.74, 6) is 0.940. The molecule has 0 aromatic rings. The van der Waals surface area contributed by atoms with Crippen LogP contribution in [0, 0.1) is 23.7 Å². The number of phosphoric acid groups is 2. The zero-order valence-corrected chi connectivity index (χ0v) is 64.1. The number of esters is 4. The minimum absolute atomic E-state index is 0.104. The van der Waals surface area contributed by atoms with Crippen molar-refractivity contribution in [3.63, 3.8) is 0 Å². The van der Waals surface area contributed by atoms with Crippen molar-refractivity contribution >= 4 is 39.5 Å². The number of phosphoric ester groups is 2. The van der Waals surface area contributed by atoms with Crippen LogP contribution >= 0.6 is 15.6 Å². The zero-order valence-electron chi connectivity index (χ0n) is 62.3. The first-order valence-corrected chi connectivity index (χ1v) is 42.3. The van der Waals surface area contributed by atoms with Crippen LogP contribution in [0.2, 0.25) is 0 Å². The molecule has 564 valence electrons. The molecule has 0 heterocycles. The molecule has 0 spiro atoms. The van der Waals surface area contributed by atoms with Gasteiger partial charge in [-0.3, -0.25) is 37.3 Å². The normalized spacial score (nSPS) is 14.7. The summed E-state index contributed by atoms with van der Waals surface area (Å²) >= 11 is 0. The number of carbonyl (C=O) groups is 4. The summed E-state index contributed by atoms with van der Waals surface area (Å²) in [5, 5.41) is 10.6. The predicted molar refractivity (Wildman–Crippen MR) is 386 cm³/mol. The first kappa shape index (κ1) is 93.1. The Kier molecular flexibility index (Phi) is 64.0. The minimum atomic E-state index is -4.96. The van der Waals surface area contributed by atoms with Crippen LogP contribution in [-0.2, 0) is 65.4 Å². The van der Waals surface area contributed by atoms with E-state index in [0.29, 0.717) is 25.7 Å². The molecule has 19 heteroatoms. The lowest BCUT2D eigenvalue weighted by atomic mass is 9.99. The Morgan fingerprint density at radius 2 is 0.505 bits per heavy atom. The van der Waals surface area contributed by atoms with Gasteiger partial charge in [0.25, 0.3) is 0 Å². The van der Waals surface area contributed by atoms with E-state index >= 15 is 0 Å². The zero-order chi connectivity index (χ0) is 70.3. The molecule has 17 nitrogen and oxygen atoms in total. The topological polar surface area (TPSA) is 237 Å². The van der Waals surface area contributed by atoms with Gasteiger partial charge in [0.1, 0.15) is 19.3 Å². The predicted octanol–water partition coefficient (Wildman–Crippen LogP) is 22.0. The van der Waals surface area contributed by atoms with E-state index in [1.807, 2.05) is 0 Å². The van der Waals surface area contributed by atoms with Crippen molar-refractivity contribution < 1.29 is 80.2 Å². The molecule has 0 rings (SSSR count). The quantitative estimate of drug-likeness (QED) is 0.0222. The largest absolute Gasteiger partial charge is 0.472 e. The third-order valence-corrected chi connectivity index (χ3v) is 20.2. The van der Waals surface area contributed by atoms with Crippen LogP contribution in [0.5, 0.6) is 0 Å². The van der Waals surface area contributed by atoms with Crippen LogP contribution in [-0.4, -0.2) is 96.7 Å². The van der Waals surface area contributed by atoms with Gasteiger partial charge in [-0.05, 0) is 49.4 Å². The molecule has 0 amide bonds. The van der Waals surface area contributed by atoms with E-state index in [9.17, 15) is 43.2 Å². The maximum Gasteiger partial charge on any atom is 0.472 e. The van der Waals surface area contributed by atoms with Gasteiger partial charge >= 0.3 is 39.5 Å². The maximum atomic E-state index is 13.1. The molecule has 0 aromatic carbocycles. The molecular weight excluding hydrogens is 1250 g/mol. The fourth-order valence-electron chi connectivity index (χ4n) is 11.5. The molecule has 0 aliphatic rings. The van der Waals surface area contributed by atoms with Gasteiger partial charge in [0, 0.05) is 25.7 Å². The van der Waals surface area contributed by atoms with Crippen LogP contribution in [0.1, 0.15) is 383 Å². The first-order chi connectivity index (χ1) is 45.7. The van der Waals surface area contributed by atoms with Gasteiger partial charge in [-0.2, -0.15) is 0 Å². The van der Waals surface area contributed by atoms with E-state index in [2.05, 4.69) is 55.4 Å². The fraction of sp³-hybridized carbons (Fsp3) is 0.947. The molecule has 0 saturated carbocycles. The van der Waals surface area contributed by atoms with Crippen molar-refractivity contribution in [3.05, 3.63) is 0 Å². The average Bonchev–Trinajstić information content (AvgIpc) is 1.27. The number of hydrogen-bond donors (Lipinski definition) is 3. The Labute approximate surface area is 581 Å². The minimum Gasteiger partial charge on any atom is -0.462 e. The average molecular weight is 1400 g/mol. The molecule has 0 bridgehead atoms. The molecule has 0 aliphatic heterocycles. The summed E-state index contributed by atoms with van der Waals surface area (Å²) < 4.78 is 68.4. The number of aliphatic hydroxyl groups is 1. The standard InChI is InChI=1S/C76H148O17P2/c1-9-68(7)54-46-38-30-23-19-17-15-13-11-12-14-16-18-20-24-32-42-50-58-75(80)93-72(63-87-74(79)57-49-41-35-34-39-47-55-69(8)10-2)65-91-95(84,85)89-61-70(77)60-88-94(82,83)90-64-71(62-86-73(78)56-48-40-31-27-26-29-37-45-53-67(5)6)92-76(81)59-51-43-33-25-21-22-28-36-44-52-66(3)4/h66-72,77H,9-65H2,1-8H3,(H,82,83)(H,84,85)/t68?,69?,70?,71-,72-/m1/s1. The van der Waals surface area contributed by atoms with E-state index in [4.69, 9.17) is 37.0 Å². The molecule has 7 atom stereocenters. The number of rotatable bonds is 73. The molecule has 95 heavy (non-hydrogen) atoms. The number of ether oxygens (including phenoxy) is 4. The Hall–Kier alpha value is -1.94. The highest BCUT2D eigenvalue weighted by Gasteiger charge is 2.30. The Balaban J connectivity index is 5.17. The van der Waals surface area contributed by atoms with E-state index in [1.54, 1.807) is 0 Å². The van der Waals surface area contributed by atoms with Gasteiger partial charge in [-0.1, -0.05) is 331 Å². The molecule has 3 N–H and O–H groups in total. The number of unbranched alkanes of at least 4 members (excludes halogenated alkanes) is 37. The molecule has 0 aromatic heterocycles. The van der Waals surface area contributed by atoms with Crippen LogP contribution in [0.3, 0.4) is 0 Å². The van der Waals surface area contributed by atoms with Crippen molar-refractivity contribution in [2.75, 3.05) is 39.6 Å². The van der Waals surface area contributed by atoms with Gasteiger partial charge < -0.3 is 33.8 Å². The second-order valence-corrected chi connectivity index (χ2v) is 31.7. The summed E-state index contributed by atoms with van der Waals surface area (Å²) in [7, 11) is -9.91. The smallest absolute Gasteiger partial charge is 0.462 e. The lowest BCUT2D eigenvalue weighted by Gasteiger charge is -2.21. The highest BCUT2D eigenvalue weighted by atomic mass is 31.2. The van der Waals surface area contributed by atoms with Crippen molar-refractivity contribution in [1.82, 2.24) is 0 Å². The molecule has 0 fully saturated rings. The van der Waals surface area contributed by atoms with Crippen molar-refractivity contribution in [2.45, 2.75) is 401 Å². The summed E-state index contributed by atoms with van der Waals surface area (Å²) in [5.41, 5.74) is 0. The second-order valence-electron chi connectivity index (χ2n) is 28.8. The van der Waals surface area contributed by atoms with Crippen molar-refractivity contribution in [1.29, 1.82) is 0 Å². The Morgan fingerprint density at radius 1 is 0.295 bits per heavy atom. The maximum absolute atomic E-state index is 13.1. The first-order valence-electron chi connectivity index (χ1n) is 39.3. The van der Waals surface area contributed by atoms with E-state index in [-0.39, 0.29) is 25.7 Å². The van der Waals surface area contributed by atoms with Gasteiger partial charge in [0.15, 0.2) is 12.2 Å². The second kappa shape index (κ2) is 65.4. The number of carbonyl (C=O) groups excluding carboxylic acids is 4. The van der Waals surface area contributed by atoms with Crippen molar-refractivity contribution in [2.24, 2.45) is 23.7 Å². The Morgan fingerprint density at radius 3 is 0.747 bits per heavy atom. The lowest BCUT2D eigenvalue weighted by Crippen LogP contribution is -2.30. The van der Waals surface area contributed by atoms with Gasteiger partial charge in [0.2, 0.25) is 0 Å². The lowest BCUT2D eigenvalue weighted by molar-refractivity contribution is -0.161. The van der Waals surface area contributed by atoms with Gasteiger partial charge in [-0.25, -0.2) is 9.13 Å². The monoisotopic (exact) mass is 1400 g/mol. The summed E-state index contributed by atoms with van der Waals surface area (Å²) in [6.45, 7) is 14.2. The molecule has 5 unspecified atom stereocenters. The third kappa shape index (κ3) is 67.6. The third-order valence-electron chi connectivity index (χ3n) is 18.3.